The first-order chi connectivity index (χ1) is 8.66. The van der Waals surface area contributed by atoms with Crippen molar-refractivity contribution < 1.29 is 0 Å². The van der Waals surface area contributed by atoms with Crippen molar-refractivity contribution in [2.75, 3.05) is 0 Å². The molecular weight excluding hydrogens is 382 g/mol. The second kappa shape index (κ2) is 4.94. The van der Waals surface area contributed by atoms with E-state index in [9.17, 15) is 0 Å². The summed E-state index contributed by atoms with van der Waals surface area (Å²) in [5.74, 6) is 0.948. The highest BCUT2D eigenvalue weighted by Crippen LogP contribution is 2.37. The van der Waals surface area contributed by atoms with Gasteiger partial charge in [-0.2, -0.15) is 0 Å². The highest BCUT2D eigenvalue weighted by molar-refractivity contribution is 14.1. The lowest BCUT2D eigenvalue weighted by molar-refractivity contribution is 0.727. The molecule has 3 rings (SSSR count). The van der Waals surface area contributed by atoms with E-state index in [-0.39, 0.29) is 5.92 Å². The Balaban J connectivity index is 2.08. The van der Waals surface area contributed by atoms with Crippen LogP contribution in [0.15, 0.2) is 24.3 Å². The van der Waals surface area contributed by atoms with Gasteiger partial charge in [0.25, 0.3) is 0 Å². The number of rotatable bonds is 1. The van der Waals surface area contributed by atoms with Crippen LogP contribution in [0.2, 0.25) is 10.3 Å². The molecular formula is C13H9Cl2IN2. The zero-order valence-corrected chi connectivity index (χ0v) is 13.0. The van der Waals surface area contributed by atoms with Gasteiger partial charge in [0.1, 0.15) is 16.1 Å². The highest BCUT2D eigenvalue weighted by Gasteiger charge is 2.26. The van der Waals surface area contributed by atoms with E-state index in [1.165, 1.54) is 11.1 Å². The number of hydrogen-bond acceptors (Lipinski definition) is 2. The standard InChI is InChI=1S/C13H9Cl2IN2/c14-11-10(16)12(15)18-13(17-11)9-6-5-7-3-1-2-4-8(7)9/h1-4,9H,5-6H2. The molecule has 0 radical (unpaired) electrons. The van der Waals surface area contributed by atoms with Crippen molar-refractivity contribution in [2.24, 2.45) is 0 Å². The normalized spacial score (nSPS) is 17.8. The average molecular weight is 391 g/mol. The minimum atomic E-state index is 0.216. The molecule has 1 heterocycles. The molecule has 0 aliphatic heterocycles. The molecule has 5 heteroatoms. The molecule has 0 saturated heterocycles. The molecule has 1 aliphatic rings. The first-order valence-corrected chi connectivity index (χ1v) is 7.46. The Morgan fingerprint density at radius 3 is 2.50 bits per heavy atom. The molecule has 2 aromatic rings. The van der Waals surface area contributed by atoms with E-state index in [0.29, 0.717) is 13.9 Å². The maximum atomic E-state index is 6.08. The van der Waals surface area contributed by atoms with Gasteiger partial charge in [-0.3, -0.25) is 0 Å². The molecule has 2 nitrogen and oxygen atoms in total. The third-order valence-electron chi connectivity index (χ3n) is 3.23. The average Bonchev–Trinajstić information content (AvgIpc) is 2.79. The molecule has 1 atom stereocenters. The van der Waals surface area contributed by atoms with Crippen molar-refractivity contribution in [1.29, 1.82) is 0 Å². The van der Waals surface area contributed by atoms with Crippen LogP contribution in [0.5, 0.6) is 0 Å². The van der Waals surface area contributed by atoms with Gasteiger partial charge in [-0.05, 0) is 46.6 Å². The first-order valence-electron chi connectivity index (χ1n) is 5.63. The number of aryl methyl sites for hydroxylation is 1. The Hall–Kier alpha value is -0.390. The van der Waals surface area contributed by atoms with Crippen LogP contribution < -0.4 is 0 Å². The van der Waals surface area contributed by atoms with E-state index in [4.69, 9.17) is 23.2 Å². The molecule has 18 heavy (non-hydrogen) atoms. The minimum absolute atomic E-state index is 0.216. The molecule has 0 N–H and O–H groups in total. The second-order valence-corrected chi connectivity index (χ2v) is 6.06. The van der Waals surface area contributed by atoms with Gasteiger partial charge in [0.05, 0.1) is 3.57 Å². The molecule has 0 amide bonds. The summed E-state index contributed by atoms with van der Waals surface area (Å²) in [6.07, 6.45) is 2.08. The highest BCUT2D eigenvalue weighted by atomic mass is 127. The van der Waals surface area contributed by atoms with Gasteiger partial charge in [0.2, 0.25) is 0 Å². The summed E-state index contributed by atoms with van der Waals surface area (Å²) in [4.78, 5) is 8.75. The van der Waals surface area contributed by atoms with Crippen LogP contribution in [0.25, 0.3) is 0 Å². The summed E-state index contributed by atoms with van der Waals surface area (Å²) in [5.41, 5.74) is 2.67. The molecule has 0 fully saturated rings. The van der Waals surface area contributed by atoms with Crippen LogP contribution >= 0.6 is 45.8 Å². The molecule has 1 unspecified atom stereocenters. The molecule has 0 saturated carbocycles. The van der Waals surface area contributed by atoms with Crippen molar-refractivity contribution >= 4 is 45.8 Å². The van der Waals surface area contributed by atoms with Crippen LogP contribution in [0.3, 0.4) is 0 Å². The van der Waals surface area contributed by atoms with Crippen LogP contribution in [0.4, 0.5) is 0 Å². The lowest BCUT2D eigenvalue weighted by atomic mass is 10.0. The largest absolute Gasteiger partial charge is 0.219 e. The lowest BCUT2D eigenvalue weighted by Gasteiger charge is -2.11. The molecule has 0 bridgehead atoms. The maximum absolute atomic E-state index is 6.08. The van der Waals surface area contributed by atoms with Gasteiger partial charge in [-0.25, -0.2) is 9.97 Å². The number of fused-ring (bicyclic) bond motifs is 1. The topological polar surface area (TPSA) is 25.8 Å². The number of halogens is 3. The number of aromatic nitrogens is 2. The SMILES string of the molecule is Clc1nc(C2CCc3ccccc32)nc(Cl)c1I. The van der Waals surface area contributed by atoms with E-state index in [2.05, 4.69) is 50.8 Å². The Labute approximate surface area is 129 Å². The van der Waals surface area contributed by atoms with E-state index in [0.717, 1.165) is 18.7 Å². The van der Waals surface area contributed by atoms with Crippen LogP contribution in [-0.4, -0.2) is 9.97 Å². The van der Waals surface area contributed by atoms with E-state index >= 15 is 0 Å². The summed E-state index contributed by atoms with van der Waals surface area (Å²) in [7, 11) is 0. The van der Waals surface area contributed by atoms with E-state index in [1.807, 2.05) is 6.07 Å². The molecule has 0 spiro atoms. The van der Waals surface area contributed by atoms with Gasteiger partial charge in [0, 0.05) is 5.92 Å². The lowest BCUT2D eigenvalue weighted by Crippen LogP contribution is -2.04. The molecule has 1 aromatic heterocycles. The molecule has 1 aromatic carbocycles. The summed E-state index contributed by atoms with van der Waals surface area (Å²) in [5, 5.41) is 0.880. The Kier molecular flexibility index (Phi) is 3.47. The zero-order valence-electron chi connectivity index (χ0n) is 9.33. The van der Waals surface area contributed by atoms with E-state index in [1.54, 1.807) is 0 Å². The summed E-state index contributed by atoms with van der Waals surface area (Å²) in [6.45, 7) is 0. The van der Waals surface area contributed by atoms with Crippen molar-refractivity contribution in [3.8, 4) is 0 Å². The van der Waals surface area contributed by atoms with Crippen LogP contribution in [0.1, 0.15) is 29.3 Å². The Morgan fingerprint density at radius 1 is 1.11 bits per heavy atom. The smallest absolute Gasteiger partial charge is 0.147 e. The summed E-state index contributed by atoms with van der Waals surface area (Å²) in [6, 6.07) is 8.41. The molecule has 92 valence electrons. The maximum Gasteiger partial charge on any atom is 0.147 e. The van der Waals surface area contributed by atoms with Gasteiger partial charge in [-0.15, -0.1) is 0 Å². The monoisotopic (exact) mass is 390 g/mol. The fourth-order valence-corrected chi connectivity index (χ4v) is 3.03. The van der Waals surface area contributed by atoms with Gasteiger partial charge in [0.15, 0.2) is 0 Å². The number of benzene rings is 1. The van der Waals surface area contributed by atoms with Gasteiger partial charge >= 0.3 is 0 Å². The predicted octanol–water partition coefficient (Wildman–Crippen LogP) is 4.47. The second-order valence-electron chi connectivity index (χ2n) is 4.27. The third kappa shape index (κ3) is 2.12. The van der Waals surface area contributed by atoms with Crippen molar-refractivity contribution in [2.45, 2.75) is 18.8 Å². The van der Waals surface area contributed by atoms with Crippen molar-refractivity contribution in [3.63, 3.8) is 0 Å². The van der Waals surface area contributed by atoms with Crippen LogP contribution in [-0.2, 0) is 6.42 Å². The third-order valence-corrected chi connectivity index (χ3v) is 5.44. The van der Waals surface area contributed by atoms with Crippen molar-refractivity contribution in [1.82, 2.24) is 9.97 Å². The van der Waals surface area contributed by atoms with Gasteiger partial charge < -0.3 is 0 Å². The molecule has 1 aliphatic carbocycles. The summed E-state index contributed by atoms with van der Waals surface area (Å²) < 4.78 is 0.714. The quantitative estimate of drug-likeness (QED) is 0.530. The number of hydrogen-bond donors (Lipinski definition) is 0. The Morgan fingerprint density at radius 2 is 1.78 bits per heavy atom. The Bertz CT molecular complexity index is 593. The summed E-state index contributed by atoms with van der Waals surface area (Å²) >= 11 is 14.2. The fraction of sp³-hybridized carbons (Fsp3) is 0.231. The number of nitrogens with zero attached hydrogens (tertiary/aromatic N) is 2. The van der Waals surface area contributed by atoms with Gasteiger partial charge in [-0.1, -0.05) is 47.5 Å². The fourth-order valence-electron chi connectivity index (χ4n) is 2.39. The van der Waals surface area contributed by atoms with Crippen molar-refractivity contribution in [3.05, 3.63) is 55.1 Å². The minimum Gasteiger partial charge on any atom is -0.219 e. The van der Waals surface area contributed by atoms with E-state index < -0.39 is 0 Å². The first kappa shape index (κ1) is 12.6. The zero-order chi connectivity index (χ0) is 12.7. The predicted molar refractivity (Wildman–Crippen MR) is 81.4 cm³/mol. The van der Waals surface area contributed by atoms with Crippen LogP contribution in [0, 0.1) is 3.57 Å².